The van der Waals surface area contributed by atoms with E-state index in [-0.39, 0.29) is 5.91 Å². The summed E-state index contributed by atoms with van der Waals surface area (Å²) in [4.78, 5) is 12.2. The van der Waals surface area contributed by atoms with Gasteiger partial charge in [0, 0.05) is 10.6 Å². The number of hydrazone groups is 1. The number of hydrogen-bond acceptors (Lipinski definition) is 4. The number of rotatable bonds is 7. The summed E-state index contributed by atoms with van der Waals surface area (Å²) in [6.45, 7) is 0.458. The van der Waals surface area contributed by atoms with E-state index in [2.05, 4.69) is 33.1 Å². The smallest absolute Gasteiger partial charge is 0.271 e. The number of amides is 1. The molecule has 5 nitrogen and oxygen atoms in total. The maximum atomic E-state index is 12.2. The predicted octanol–water partition coefficient (Wildman–Crippen LogP) is 5.30. The van der Waals surface area contributed by atoms with Crippen LogP contribution >= 0.6 is 34.2 Å². The molecule has 0 aromatic heterocycles. The van der Waals surface area contributed by atoms with Crippen molar-refractivity contribution >= 4 is 46.3 Å². The predicted molar refractivity (Wildman–Crippen MR) is 123 cm³/mol. The highest BCUT2D eigenvalue weighted by atomic mass is 127. The van der Waals surface area contributed by atoms with Crippen molar-refractivity contribution in [3.05, 3.63) is 92.0 Å². The SMILES string of the molecule is COc1cc(C(=O)N/N=C\c2ccc(OCc3ccc(Cl)cc3)cc2)ccc1I. The second-order valence-corrected chi connectivity index (χ2v) is 7.63. The van der Waals surface area contributed by atoms with Crippen molar-refractivity contribution in [3.63, 3.8) is 0 Å². The van der Waals surface area contributed by atoms with Gasteiger partial charge in [0.15, 0.2) is 0 Å². The highest BCUT2D eigenvalue weighted by molar-refractivity contribution is 14.1. The number of halogens is 2. The molecule has 3 aromatic rings. The Hall–Kier alpha value is -2.58. The first-order valence-electron chi connectivity index (χ1n) is 8.69. The Morgan fingerprint density at radius 2 is 1.83 bits per heavy atom. The van der Waals surface area contributed by atoms with Crippen LogP contribution in [0.5, 0.6) is 11.5 Å². The molecule has 0 saturated carbocycles. The molecule has 0 heterocycles. The van der Waals surface area contributed by atoms with E-state index < -0.39 is 0 Å². The van der Waals surface area contributed by atoms with E-state index in [1.165, 1.54) is 0 Å². The summed E-state index contributed by atoms with van der Waals surface area (Å²) < 4.78 is 11.9. The third-order valence-corrected chi connectivity index (χ3v) is 5.14. The standard InChI is InChI=1S/C22H18ClIN2O3/c1-28-21-12-17(6-11-20(21)24)22(27)26-25-13-15-4-9-19(10-5-15)29-14-16-2-7-18(23)8-3-16/h2-13H,14H2,1H3,(H,26,27)/b25-13-. The fourth-order valence-corrected chi connectivity index (χ4v) is 3.11. The molecule has 0 aliphatic rings. The Morgan fingerprint density at radius 1 is 1.10 bits per heavy atom. The number of carbonyl (C=O) groups is 1. The third kappa shape index (κ3) is 6.20. The van der Waals surface area contributed by atoms with Crippen LogP contribution in [0.4, 0.5) is 0 Å². The van der Waals surface area contributed by atoms with Crippen LogP contribution in [0.15, 0.2) is 71.8 Å². The van der Waals surface area contributed by atoms with Crippen LogP contribution in [0.3, 0.4) is 0 Å². The molecule has 0 bridgehead atoms. The zero-order chi connectivity index (χ0) is 20.6. The van der Waals surface area contributed by atoms with Gasteiger partial charge < -0.3 is 9.47 Å². The largest absolute Gasteiger partial charge is 0.496 e. The monoisotopic (exact) mass is 520 g/mol. The van der Waals surface area contributed by atoms with E-state index in [0.717, 1.165) is 20.4 Å². The summed E-state index contributed by atoms with van der Waals surface area (Å²) >= 11 is 8.02. The molecule has 1 amide bonds. The molecular weight excluding hydrogens is 503 g/mol. The third-order valence-electron chi connectivity index (χ3n) is 3.99. The van der Waals surface area contributed by atoms with Gasteiger partial charge >= 0.3 is 0 Å². The van der Waals surface area contributed by atoms with Crippen LogP contribution in [0.25, 0.3) is 0 Å². The number of ether oxygens (including phenoxy) is 2. The number of nitrogens with one attached hydrogen (secondary N) is 1. The van der Waals surface area contributed by atoms with E-state index in [4.69, 9.17) is 21.1 Å². The molecule has 0 unspecified atom stereocenters. The first kappa shape index (κ1) is 21.1. The fraction of sp³-hybridized carbons (Fsp3) is 0.0909. The van der Waals surface area contributed by atoms with E-state index in [9.17, 15) is 4.79 Å². The maximum absolute atomic E-state index is 12.2. The average Bonchev–Trinajstić information content (AvgIpc) is 2.74. The van der Waals surface area contributed by atoms with E-state index in [1.54, 1.807) is 25.5 Å². The lowest BCUT2D eigenvalue weighted by Gasteiger charge is -2.07. The zero-order valence-electron chi connectivity index (χ0n) is 15.6. The number of methoxy groups -OCH3 is 1. The van der Waals surface area contributed by atoms with Crippen LogP contribution < -0.4 is 14.9 Å². The number of carbonyl (C=O) groups excluding carboxylic acids is 1. The Bertz CT molecular complexity index is 1010. The summed E-state index contributed by atoms with van der Waals surface area (Å²) in [5.74, 6) is 1.09. The molecule has 7 heteroatoms. The summed E-state index contributed by atoms with van der Waals surface area (Å²) in [6, 6.07) is 20.2. The molecular formula is C22H18ClIN2O3. The first-order valence-corrected chi connectivity index (χ1v) is 10.1. The molecule has 148 valence electrons. The minimum absolute atomic E-state index is 0.307. The second kappa shape index (κ2) is 10.3. The molecule has 0 saturated heterocycles. The van der Waals surface area contributed by atoms with Gasteiger partial charge in [-0.2, -0.15) is 5.10 Å². The minimum Gasteiger partial charge on any atom is -0.496 e. The molecule has 3 rings (SSSR count). The molecule has 0 atom stereocenters. The van der Waals surface area contributed by atoms with Crippen molar-refractivity contribution in [1.82, 2.24) is 5.43 Å². The van der Waals surface area contributed by atoms with Crippen LogP contribution in [-0.4, -0.2) is 19.2 Å². The molecule has 1 N–H and O–H groups in total. The Kier molecular flexibility index (Phi) is 7.48. The highest BCUT2D eigenvalue weighted by Crippen LogP contribution is 2.21. The van der Waals surface area contributed by atoms with Crippen molar-refractivity contribution in [2.45, 2.75) is 6.61 Å². The van der Waals surface area contributed by atoms with Gasteiger partial charge in [0.05, 0.1) is 16.9 Å². The highest BCUT2D eigenvalue weighted by Gasteiger charge is 2.08. The molecule has 0 aliphatic heterocycles. The van der Waals surface area contributed by atoms with Crippen molar-refractivity contribution in [1.29, 1.82) is 0 Å². The van der Waals surface area contributed by atoms with Gasteiger partial charge in [-0.25, -0.2) is 5.43 Å². The minimum atomic E-state index is -0.307. The molecule has 0 spiro atoms. The molecule has 3 aromatic carbocycles. The van der Waals surface area contributed by atoms with Crippen LogP contribution in [0, 0.1) is 3.57 Å². The fourth-order valence-electron chi connectivity index (χ4n) is 2.43. The van der Waals surface area contributed by atoms with Crippen molar-refractivity contribution < 1.29 is 14.3 Å². The van der Waals surface area contributed by atoms with E-state index in [0.29, 0.717) is 22.9 Å². The van der Waals surface area contributed by atoms with Crippen LogP contribution in [0.2, 0.25) is 5.02 Å². The van der Waals surface area contributed by atoms with Gasteiger partial charge in [0.1, 0.15) is 18.1 Å². The van der Waals surface area contributed by atoms with Crippen LogP contribution in [-0.2, 0) is 6.61 Å². The Labute approximate surface area is 187 Å². The first-order chi connectivity index (χ1) is 14.0. The van der Waals surface area contributed by atoms with Crippen LogP contribution in [0.1, 0.15) is 21.5 Å². The van der Waals surface area contributed by atoms with Gasteiger partial charge in [-0.05, 0) is 88.3 Å². The topological polar surface area (TPSA) is 59.9 Å². The van der Waals surface area contributed by atoms with Gasteiger partial charge in [0.2, 0.25) is 0 Å². The van der Waals surface area contributed by atoms with E-state index >= 15 is 0 Å². The zero-order valence-corrected chi connectivity index (χ0v) is 18.5. The lowest BCUT2D eigenvalue weighted by Crippen LogP contribution is -2.17. The maximum Gasteiger partial charge on any atom is 0.271 e. The Balaban J connectivity index is 1.53. The summed E-state index contributed by atoms with van der Waals surface area (Å²) in [6.07, 6.45) is 1.57. The summed E-state index contributed by atoms with van der Waals surface area (Å²) in [7, 11) is 1.57. The summed E-state index contributed by atoms with van der Waals surface area (Å²) in [5, 5.41) is 4.71. The second-order valence-electron chi connectivity index (χ2n) is 6.03. The van der Waals surface area contributed by atoms with Gasteiger partial charge in [-0.1, -0.05) is 23.7 Å². The lowest BCUT2D eigenvalue weighted by atomic mass is 10.2. The Morgan fingerprint density at radius 3 is 2.52 bits per heavy atom. The van der Waals surface area contributed by atoms with Gasteiger partial charge in [-0.3, -0.25) is 4.79 Å². The molecule has 0 aliphatic carbocycles. The molecule has 0 fully saturated rings. The van der Waals surface area contributed by atoms with Crippen molar-refractivity contribution in [2.75, 3.05) is 7.11 Å². The quantitative estimate of drug-likeness (QED) is 0.261. The molecule has 29 heavy (non-hydrogen) atoms. The average molecular weight is 521 g/mol. The van der Waals surface area contributed by atoms with Gasteiger partial charge in [-0.15, -0.1) is 0 Å². The number of benzene rings is 3. The van der Waals surface area contributed by atoms with Crippen molar-refractivity contribution in [3.8, 4) is 11.5 Å². The number of nitrogens with zero attached hydrogens (tertiary/aromatic N) is 1. The van der Waals surface area contributed by atoms with Gasteiger partial charge in [0.25, 0.3) is 5.91 Å². The summed E-state index contributed by atoms with van der Waals surface area (Å²) in [5.41, 5.74) is 4.87. The normalized spacial score (nSPS) is 10.7. The number of hydrogen-bond donors (Lipinski definition) is 1. The molecule has 0 radical (unpaired) electrons. The van der Waals surface area contributed by atoms with E-state index in [1.807, 2.05) is 54.6 Å². The lowest BCUT2D eigenvalue weighted by molar-refractivity contribution is 0.0954. The van der Waals surface area contributed by atoms with Crippen molar-refractivity contribution in [2.24, 2.45) is 5.10 Å².